The Hall–Kier alpha value is -2.38. The Balaban J connectivity index is 2.07. The van der Waals surface area contributed by atoms with E-state index in [-0.39, 0.29) is 17.8 Å². The number of carbonyl (C=O) groups is 1. The van der Waals surface area contributed by atoms with Gasteiger partial charge >= 0.3 is 6.09 Å². The Morgan fingerprint density at radius 1 is 1.42 bits per heavy atom. The summed E-state index contributed by atoms with van der Waals surface area (Å²) in [7, 11) is 0. The van der Waals surface area contributed by atoms with Crippen LogP contribution in [-0.4, -0.2) is 52.2 Å². The first kappa shape index (κ1) is 18.0. The highest BCUT2D eigenvalue weighted by atomic mass is 16.6. The van der Waals surface area contributed by atoms with Crippen LogP contribution in [0.3, 0.4) is 0 Å². The third-order valence-electron chi connectivity index (χ3n) is 3.84. The van der Waals surface area contributed by atoms with E-state index in [0.29, 0.717) is 31.0 Å². The van der Waals surface area contributed by atoms with Crippen molar-refractivity contribution in [2.45, 2.75) is 46.3 Å². The summed E-state index contributed by atoms with van der Waals surface area (Å²) in [5.74, 6) is 0.689. The molecule has 8 heteroatoms. The smallest absolute Gasteiger partial charge is 0.410 e. The molecule has 2 heterocycles. The molecule has 1 saturated heterocycles. The van der Waals surface area contributed by atoms with Gasteiger partial charge < -0.3 is 14.5 Å². The lowest BCUT2D eigenvalue weighted by molar-refractivity contribution is -0.385. The molecule has 0 bridgehead atoms. The normalized spacial score (nSPS) is 18.5. The van der Waals surface area contributed by atoms with E-state index < -0.39 is 10.5 Å². The number of hydrogen-bond donors (Lipinski definition) is 0. The van der Waals surface area contributed by atoms with Crippen LogP contribution in [0.2, 0.25) is 0 Å². The summed E-state index contributed by atoms with van der Waals surface area (Å²) in [4.78, 5) is 30.6. The van der Waals surface area contributed by atoms with Crippen LogP contribution in [0.15, 0.2) is 12.3 Å². The second-order valence-corrected chi connectivity index (χ2v) is 7.05. The molecule has 1 aromatic heterocycles. The van der Waals surface area contributed by atoms with E-state index >= 15 is 0 Å². The molecule has 1 aromatic rings. The average molecular weight is 336 g/mol. The van der Waals surface area contributed by atoms with E-state index in [1.165, 1.54) is 6.20 Å². The molecule has 2 rings (SSSR count). The van der Waals surface area contributed by atoms with E-state index in [2.05, 4.69) is 4.98 Å². The van der Waals surface area contributed by atoms with Gasteiger partial charge in [0.05, 0.1) is 4.92 Å². The first-order valence-electron chi connectivity index (χ1n) is 7.94. The molecule has 0 radical (unpaired) electrons. The van der Waals surface area contributed by atoms with Crippen LogP contribution in [0.25, 0.3) is 0 Å². The molecule has 1 atom stereocenters. The van der Waals surface area contributed by atoms with Crippen molar-refractivity contribution in [1.29, 1.82) is 0 Å². The summed E-state index contributed by atoms with van der Waals surface area (Å²) in [6, 6.07) is 1.68. The van der Waals surface area contributed by atoms with Crippen molar-refractivity contribution in [3.63, 3.8) is 0 Å². The number of pyridine rings is 1. The van der Waals surface area contributed by atoms with Crippen LogP contribution >= 0.6 is 0 Å². The Morgan fingerprint density at radius 3 is 2.58 bits per heavy atom. The Labute approximate surface area is 141 Å². The van der Waals surface area contributed by atoms with Crippen molar-refractivity contribution >= 4 is 17.6 Å². The molecule has 0 spiro atoms. The summed E-state index contributed by atoms with van der Waals surface area (Å²) in [5, 5.41) is 10.9. The van der Waals surface area contributed by atoms with Gasteiger partial charge in [0.25, 0.3) is 5.69 Å². The molecule has 0 aromatic carbocycles. The molecular formula is C16H24N4O4. The lowest BCUT2D eigenvalue weighted by Gasteiger charge is -2.40. The van der Waals surface area contributed by atoms with Gasteiger partial charge in [-0.25, -0.2) is 9.78 Å². The highest BCUT2D eigenvalue weighted by Gasteiger charge is 2.31. The third kappa shape index (κ3) is 4.12. The third-order valence-corrected chi connectivity index (χ3v) is 3.84. The zero-order valence-electron chi connectivity index (χ0n) is 14.8. The second-order valence-electron chi connectivity index (χ2n) is 7.05. The largest absolute Gasteiger partial charge is 0.444 e. The minimum Gasteiger partial charge on any atom is -0.444 e. The van der Waals surface area contributed by atoms with Gasteiger partial charge in [-0.05, 0) is 40.7 Å². The van der Waals surface area contributed by atoms with E-state index in [0.717, 1.165) is 0 Å². The second kappa shape index (κ2) is 6.62. The molecular weight excluding hydrogens is 312 g/mol. The number of piperazine rings is 1. The minimum absolute atomic E-state index is 0.0131. The molecule has 1 aliphatic rings. The molecule has 0 saturated carbocycles. The fourth-order valence-electron chi connectivity index (χ4n) is 2.66. The van der Waals surface area contributed by atoms with Crippen molar-refractivity contribution in [3.05, 3.63) is 27.9 Å². The van der Waals surface area contributed by atoms with E-state index in [4.69, 9.17) is 4.74 Å². The van der Waals surface area contributed by atoms with Crippen LogP contribution in [0.4, 0.5) is 16.3 Å². The maximum atomic E-state index is 12.2. The van der Waals surface area contributed by atoms with Crippen molar-refractivity contribution in [1.82, 2.24) is 9.88 Å². The average Bonchev–Trinajstić information content (AvgIpc) is 2.44. The molecule has 24 heavy (non-hydrogen) atoms. The van der Waals surface area contributed by atoms with Gasteiger partial charge in [-0.3, -0.25) is 10.1 Å². The zero-order valence-corrected chi connectivity index (χ0v) is 14.8. The maximum absolute atomic E-state index is 12.2. The Bertz CT molecular complexity index is 641. The number of anilines is 1. The van der Waals surface area contributed by atoms with E-state index in [9.17, 15) is 14.9 Å². The molecule has 0 N–H and O–H groups in total. The van der Waals surface area contributed by atoms with Gasteiger partial charge in [0, 0.05) is 31.2 Å². The lowest BCUT2D eigenvalue weighted by Crippen LogP contribution is -2.55. The molecule has 1 unspecified atom stereocenters. The van der Waals surface area contributed by atoms with Crippen molar-refractivity contribution in [2.24, 2.45) is 0 Å². The van der Waals surface area contributed by atoms with Crippen molar-refractivity contribution in [2.75, 3.05) is 24.5 Å². The number of nitrogens with zero attached hydrogens (tertiary/aromatic N) is 4. The number of aryl methyl sites for hydroxylation is 1. The van der Waals surface area contributed by atoms with Gasteiger partial charge in [0.2, 0.25) is 0 Å². The van der Waals surface area contributed by atoms with Gasteiger partial charge in [-0.1, -0.05) is 0 Å². The number of hydrogen-bond acceptors (Lipinski definition) is 6. The minimum atomic E-state index is -0.523. The van der Waals surface area contributed by atoms with E-state index in [1.54, 1.807) is 17.9 Å². The summed E-state index contributed by atoms with van der Waals surface area (Å²) in [6.07, 6.45) is 0.970. The molecule has 0 aliphatic carbocycles. The Morgan fingerprint density at radius 2 is 2.08 bits per heavy atom. The summed E-state index contributed by atoms with van der Waals surface area (Å²) < 4.78 is 5.43. The van der Waals surface area contributed by atoms with Crippen molar-refractivity contribution in [3.8, 4) is 0 Å². The molecule has 1 aliphatic heterocycles. The van der Waals surface area contributed by atoms with Gasteiger partial charge in [-0.2, -0.15) is 0 Å². The zero-order chi connectivity index (χ0) is 18.1. The van der Waals surface area contributed by atoms with Gasteiger partial charge in [-0.15, -0.1) is 0 Å². The highest BCUT2D eigenvalue weighted by Crippen LogP contribution is 2.24. The monoisotopic (exact) mass is 336 g/mol. The predicted molar refractivity (Wildman–Crippen MR) is 90.2 cm³/mol. The van der Waals surface area contributed by atoms with E-state index in [1.807, 2.05) is 32.6 Å². The summed E-state index contributed by atoms with van der Waals surface area (Å²) in [6.45, 7) is 10.9. The number of rotatable bonds is 2. The predicted octanol–water partition coefficient (Wildman–Crippen LogP) is 2.74. The number of carbonyl (C=O) groups excluding carboxylic acids is 1. The Kier molecular flexibility index (Phi) is 4.96. The van der Waals surface area contributed by atoms with Crippen LogP contribution in [0, 0.1) is 17.0 Å². The summed E-state index contributed by atoms with van der Waals surface area (Å²) >= 11 is 0. The number of aromatic nitrogens is 1. The van der Waals surface area contributed by atoms with Gasteiger partial charge in [0.15, 0.2) is 0 Å². The highest BCUT2D eigenvalue weighted by molar-refractivity contribution is 5.69. The fourth-order valence-corrected chi connectivity index (χ4v) is 2.66. The standard InChI is InChI=1S/C16H24N4O4/c1-11-8-14(17-9-13(11)20(22)23)18-6-7-19(12(2)10-18)15(21)24-16(3,4)5/h8-9,12H,6-7,10H2,1-5H3. The quantitative estimate of drug-likeness (QED) is 0.609. The topological polar surface area (TPSA) is 88.8 Å². The van der Waals surface area contributed by atoms with Crippen LogP contribution in [0.5, 0.6) is 0 Å². The number of ether oxygens (including phenoxy) is 1. The van der Waals surface area contributed by atoms with Gasteiger partial charge in [0.1, 0.15) is 17.6 Å². The van der Waals surface area contributed by atoms with Crippen LogP contribution < -0.4 is 4.90 Å². The van der Waals surface area contributed by atoms with Crippen LogP contribution in [-0.2, 0) is 4.74 Å². The first-order chi connectivity index (χ1) is 11.1. The molecule has 132 valence electrons. The summed E-state index contributed by atoms with van der Waals surface area (Å²) in [5.41, 5.74) is 0.0664. The maximum Gasteiger partial charge on any atom is 0.410 e. The SMILES string of the molecule is Cc1cc(N2CCN(C(=O)OC(C)(C)C)C(C)C2)ncc1[N+](=O)[O-]. The number of amides is 1. The molecule has 1 fully saturated rings. The molecule has 8 nitrogen and oxygen atoms in total. The van der Waals surface area contributed by atoms with Crippen LogP contribution in [0.1, 0.15) is 33.3 Å². The first-order valence-corrected chi connectivity index (χ1v) is 7.94. The van der Waals surface area contributed by atoms with Crippen molar-refractivity contribution < 1.29 is 14.5 Å². The molecule has 1 amide bonds. The lowest BCUT2D eigenvalue weighted by atomic mass is 10.1. The number of nitro groups is 1. The fraction of sp³-hybridized carbons (Fsp3) is 0.625.